The smallest absolute Gasteiger partial charge is 0.223 e. The largest absolute Gasteiger partial charge is 0.343 e. The Morgan fingerprint density at radius 3 is 2.75 bits per heavy atom. The molecule has 20 heavy (non-hydrogen) atoms. The predicted molar refractivity (Wildman–Crippen MR) is 82.9 cm³/mol. The number of rotatable bonds is 5. The molecule has 1 aliphatic rings. The average Bonchev–Trinajstić information content (AvgIpc) is 2.46. The van der Waals surface area contributed by atoms with Crippen molar-refractivity contribution in [3.05, 3.63) is 34.3 Å². The normalized spacial score (nSPS) is 15.4. The van der Waals surface area contributed by atoms with Crippen LogP contribution in [0, 0.1) is 6.92 Å². The van der Waals surface area contributed by atoms with Gasteiger partial charge in [0.2, 0.25) is 5.91 Å². The molecule has 0 unspecified atom stereocenters. The van der Waals surface area contributed by atoms with Crippen LogP contribution in [0.1, 0.15) is 36.8 Å². The summed E-state index contributed by atoms with van der Waals surface area (Å²) in [5.41, 5.74) is 2.42. The molecule has 0 bridgehead atoms. The first-order chi connectivity index (χ1) is 9.66. The van der Waals surface area contributed by atoms with E-state index in [0.29, 0.717) is 6.42 Å². The molecule has 1 heterocycles. The van der Waals surface area contributed by atoms with E-state index in [9.17, 15) is 4.79 Å². The molecule has 1 aromatic rings. The fourth-order valence-electron chi connectivity index (χ4n) is 2.58. The van der Waals surface area contributed by atoms with Gasteiger partial charge in [-0.15, -0.1) is 0 Å². The Morgan fingerprint density at radius 1 is 1.30 bits per heavy atom. The van der Waals surface area contributed by atoms with Crippen LogP contribution in [0.5, 0.6) is 0 Å². The van der Waals surface area contributed by atoms with E-state index in [1.165, 1.54) is 17.5 Å². The molecule has 1 aromatic carbocycles. The maximum Gasteiger partial charge on any atom is 0.223 e. The lowest BCUT2D eigenvalue weighted by atomic mass is 10.1. The number of nitrogens with zero attached hydrogens (tertiary/aromatic N) is 1. The first kappa shape index (κ1) is 15.3. The molecular weight excluding hydrogens is 272 g/mol. The number of likely N-dealkylation sites (tertiary alicyclic amines) is 1. The number of halogens is 1. The van der Waals surface area contributed by atoms with Crippen LogP contribution >= 0.6 is 11.6 Å². The molecule has 0 aromatic heterocycles. The van der Waals surface area contributed by atoms with Crippen LogP contribution in [0.25, 0.3) is 0 Å². The number of carbonyl (C=O) groups excluding carboxylic acids is 1. The van der Waals surface area contributed by atoms with Crippen LogP contribution in [0.2, 0.25) is 5.02 Å². The molecule has 0 spiro atoms. The molecule has 0 atom stereocenters. The highest BCUT2D eigenvalue weighted by Crippen LogP contribution is 2.15. The highest BCUT2D eigenvalue weighted by Gasteiger charge is 2.15. The number of aryl methyl sites for hydroxylation is 1. The van der Waals surface area contributed by atoms with Crippen LogP contribution in [0.15, 0.2) is 18.2 Å². The molecule has 1 fully saturated rings. The molecule has 1 aliphatic heterocycles. The van der Waals surface area contributed by atoms with Crippen molar-refractivity contribution in [2.45, 2.75) is 39.2 Å². The summed E-state index contributed by atoms with van der Waals surface area (Å²) >= 11 is 5.94. The van der Waals surface area contributed by atoms with Gasteiger partial charge >= 0.3 is 0 Å². The van der Waals surface area contributed by atoms with E-state index in [0.717, 1.165) is 44.0 Å². The van der Waals surface area contributed by atoms with Crippen LogP contribution in [0.4, 0.5) is 0 Å². The zero-order valence-corrected chi connectivity index (χ0v) is 12.9. The fraction of sp³-hybridized carbons (Fsp3) is 0.562. The van der Waals surface area contributed by atoms with Gasteiger partial charge in [-0.1, -0.05) is 17.7 Å². The molecular formula is C16H23ClN2O. The summed E-state index contributed by atoms with van der Waals surface area (Å²) in [6, 6.07) is 5.92. The van der Waals surface area contributed by atoms with Gasteiger partial charge in [0, 0.05) is 37.6 Å². The summed E-state index contributed by atoms with van der Waals surface area (Å²) < 4.78 is 0. The summed E-state index contributed by atoms with van der Waals surface area (Å²) in [5, 5.41) is 4.11. The number of nitrogens with one attached hydrogen (secondary N) is 1. The first-order valence-corrected chi connectivity index (χ1v) is 7.78. The number of hydrogen-bond donors (Lipinski definition) is 1. The first-order valence-electron chi connectivity index (χ1n) is 7.40. The summed E-state index contributed by atoms with van der Waals surface area (Å²) in [5.74, 6) is 0.282. The maximum atomic E-state index is 12.0. The van der Waals surface area contributed by atoms with E-state index in [4.69, 9.17) is 11.6 Å². The van der Waals surface area contributed by atoms with Crippen molar-refractivity contribution >= 4 is 17.5 Å². The molecule has 110 valence electrons. The van der Waals surface area contributed by atoms with E-state index in [1.807, 2.05) is 23.1 Å². The minimum atomic E-state index is 0.282. The zero-order chi connectivity index (χ0) is 14.4. The third kappa shape index (κ3) is 4.50. The standard InChI is InChI=1S/C16H23ClN2O/c1-13-11-15(17)6-5-14(13)12-18-8-7-16(20)19-9-3-2-4-10-19/h5-6,11,18H,2-4,7-10,12H2,1H3. The Kier molecular flexibility index (Phi) is 5.86. The highest BCUT2D eigenvalue weighted by molar-refractivity contribution is 6.30. The molecule has 1 saturated heterocycles. The molecule has 3 nitrogen and oxygen atoms in total. The Labute approximate surface area is 126 Å². The third-order valence-corrected chi connectivity index (χ3v) is 4.08. The van der Waals surface area contributed by atoms with Gasteiger partial charge < -0.3 is 10.2 Å². The van der Waals surface area contributed by atoms with Crippen molar-refractivity contribution in [3.8, 4) is 0 Å². The van der Waals surface area contributed by atoms with E-state index in [2.05, 4.69) is 12.2 Å². The molecule has 0 saturated carbocycles. The van der Waals surface area contributed by atoms with Gasteiger partial charge in [0.15, 0.2) is 0 Å². The highest BCUT2D eigenvalue weighted by atomic mass is 35.5. The predicted octanol–water partition coefficient (Wildman–Crippen LogP) is 3.14. The molecule has 1 N–H and O–H groups in total. The second-order valence-corrected chi connectivity index (χ2v) is 5.88. The van der Waals surface area contributed by atoms with Crippen molar-refractivity contribution in [1.82, 2.24) is 10.2 Å². The van der Waals surface area contributed by atoms with Crippen LogP contribution in [-0.4, -0.2) is 30.4 Å². The summed E-state index contributed by atoms with van der Waals surface area (Å²) in [4.78, 5) is 14.0. The lowest BCUT2D eigenvalue weighted by Crippen LogP contribution is -2.37. The van der Waals surface area contributed by atoms with Gasteiger partial charge in [-0.05, 0) is 49.4 Å². The summed E-state index contributed by atoms with van der Waals surface area (Å²) in [6.07, 6.45) is 4.16. The van der Waals surface area contributed by atoms with Crippen molar-refractivity contribution in [2.24, 2.45) is 0 Å². The number of carbonyl (C=O) groups is 1. The quantitative estimate of drug-likeness (QED) is 0.846. The lowest BCUT2D eigenvalue weighted by Gasteiger charge is -2.26. The Balaban J connectivity index is 1.69. The molecule has 2 rings (SSSR count). The zero-order valence-electron chi connectivity index (χ0n) is 12.1. The van der Waals surface area contributed by atoms with Gasteiger partial charge in [-0.3, -0.25) is 4.79 Å². The van der Waals surface area contributed by atoms with Crippen molar-refractivity contribution < 1.29 is 4.79 Å². The minimum Gasteiger partial charge on any atom is -0.343 e. The number of benzene rings is 1. The number of hydrogen-bond acceptors (Lipinski definition) is 2. The molecule has 4 heteroatoms. The van der Waals surface area contributed by atoms with Gasteiger partial charge in [-0.25, -0.2) is 0 Å². The Morgan fingerprint density at radius 2 is 2.05 bits per heavy atom. The average molecular weight is 295 g/mol. The van der Waals surface area contributed by atoms with Crippen molar-refractivity contribution in [1.29, 1.82) is 0 Å². The third-order valence-electron chi connectivity index (χ3n) is 3.84. The van der Waals surface area contributed by atoms with Crippen molar-refractivity contribution in [3.63, 3.8) is 0 Å². The fourth-order valence-corrected chi connectivity index (χ4v) is 2.80. The number of amides is 1. The Bertz CT molecular complexity index is 456. The SMILES string of the molecule is Cc1cc(Cl)ccc1CNCCC(=O)N1CCCCC1. The van der Waals surface area contributed by atoms with Crippen LogP contribution < -0.4 is 5.32 Å². The van der Waals surface area contributed by atoms with Crippen LogP contribution in [0.3, 0.4) is 0 Å². The number of piperidine rings is 1. The van der Waals surface area contributed by atoms with E-state index in [1.54, 1.807) is 0 Å². The van der Waals surface area contributed by atoms with Crippen molar-refractivity contribution in [2.75, 3.05) is 19.6 Å². The van der Waals surface area contributed by atoms with E-state index in [-0.39, 0.29) is 5.91 Å². The topological polar surface area (TPSA) is 32.3 Å². The Hall–Kier alpha value is -1.06. The molecule has 0 radical (unpaired) electrons. The maximum absolute atomic E-state index is 12.0. The summed E-state index contributed by atoms with van der Waals surface area (Å²) in [7, 11) is 0. The minimum absolute atomic E-state index is 0.282. The molecule has 1 amide bonds. The molecule has 0 aliphatic carbocycles. The second kappa shape index (κ2) is 7.65. The van der Waals surface area contributed by atoms with Gasteiger partial charge in [0.05, 0.1) is 0 Å². The van der Waals surface area contributed by atoms with Gasteiger partial charge in [-0.2, -0.15) is 0 Å². The van der Waals surface area contributed by atoms with Gasteiger partial charge in [0.25, 0.3) is 0 Å². The summed E-state index contributed by atoms with van der Waals surface area (Å²) in [6.45, 7) is 5.46. The monoisotopic (exact) mass is 294 g/mol. The van der Waals surface area contributed by atoms with Gasteiger partial charge in [0.1, 0.15) is 0 Å². The van der Waals surface area contributed by atoms with Crippen LogP contribution in [-0.2, 0) is 11.3 Å². The lowest BCUT2D eigenvalue weighted by molar-refractivity contribution is -0.131. The van der Waals surface area contributed by atoms with E-state index < -0.39 is 0 Å². The second-order valence-electron chi connectivity index (χ2n) is 5.44. The van der Waals surface area contributed by atoms with E-state index >= 15 is 0 Å².